The van der Waals surface area contributed by atoms with Crippen LogP contribution in [0.4, 0.5) is 0 Å². The summed E-state index contributed by atoms with van der Waals surface area (Å²) in [6, 6.07) is 20.4. The van der Waals surface area contributed by atoms with Crippen LogP contribution in [-0.4, -0.2) is 37.8 Å². The van der Waals surface area contributed by atoms with Crippen molar-refractivity contribution in [2.24, 2.45) is 0 Å². The van der Waals surface area contributed by atoms with Gasteiger partial charge in [0.1, 0.15) is 0 Å². The SMILES string of the molecule is Cc1ccc(S(=O)(=O)N2CCC(NC(=O)c3cccc4ccccc34)CC2)cc1. The Morgan fingerprint density at radius 1 is 0.931 bits per heavy atom. The highest BCUT2D eigenvalue weighted by molar-refractivity contribution is 7.89. The topological polar surface area (TPSA) is 66.5 Å². The maximum Gasteiger partial charge on any atom is 0.252 e. The van der Waals surface area contributed by atoms with Crippen molar-refractivity contribution in [3.05, 3.63) is 77.9 Å². The van der Waals surface area contributed by atoms with Crippen LogP contribution < -0.4 is 5.32 Å². The van der Waals surface area contributed by atoms with Crippen molar-refractivity contribution in [1.29, 1.82) is 0 Å². The van der Waals surface area contributed by atoms with E-state index in [4.69, 9.17) is 0 Å². The molecule has 5 nitrogen and oxygen atoms in total. The number of amides is 1. The normalized spacial score (nSPS) is 16.0. The van der Waals surface area contributed by atoms with Crippen LogP contribution in [-0.2, 0) is 10.0 Å². The Hall–Kier alpha value is -2.70. The maximum absolute atomic E-state index is 12.8. The molecular formula is C23H24N2O3S. The van der Waals surface area contributed by atoms with Crippen LogP contribution in [0.2, 0.25) is 0 Å². The minimum Gasteiger partial charge on any atom is -0.349 e. The maximum atomic E-state index is 12.8. The van der Waals surface area contributed by atoms with Crippen LogP contribution in [0.15, 0.2) is 71.6 Å². The number of hydrogen-bond acceptors (Lipinski definition) is 3. The Bertz CT molecular complexity index is 1130. The van der Waals surface area contributed by atoms with Gasteiger partial charge in [-0.05, 0) is 48.7 Å². The Labute approximate surface area is 171 Å². The molecule has 1 saturated heterocycles. The molecule has 1 fully saturated rings. The van der Waals surface area contributed by atoms with E-state index in [0.29, 0.717) is 36.4 Å². The Morgan fingerprint density at radius 2 is 1.59 bits per heavy atom. The molecule has 0 unspecified atom stereocenters. The van der Waals surface area contributed by atoms with Crippen LogP contribution in [0, 0.1) is 6.92 Å². The van der Waals surface area contributed by atoms with E-state index in [1.807, 2.05) is 61.5 Å². The lowest BCUT2D eigenvalue weighted by atomic mass is 10.0. The van der Waals surface area contributed by atoms with E-state index in [0.717, 1.165) is 16.3 Å². The first-order chi connectivity index (χ1) is 13.9. The average Bonchev–Trinajstić information content (AvgIpc) is 2.74. The highest BCUT2D eigenvalue weighted by Crippen LogP contribution is 2.22. The van der Waals surface area contributed by atoms with Crippen molar-refractivity contribution >= 4 is 26.7 Å². The smallest absolute Gasteiger partial charge is 0.252 e. The summed E-state index contributed by atoms with van der Waals surface area (Å²) >= 11 is 0. The highest BCUT2D eigenvalue weighted by Gasteiger charge is 2.30. The van der Waals surface area contributed by atoms with Crippen molar-refractivity contribution in [3.63, 3.8) is 0 Å². The van der Waals surface area contributed by atoms with Crippen LogP contribution in [0.25, 0.3) is 10.8 Å². The fourth-order valence-corrected chi connectivity index (χ4v) is 5.26. The number of sulfonamides is 1. The van der Waals surface area contributed by atoms with E-state index in [9.17, 15) is 13.2 Å². The number of fused-ring (bicyclic) bond motifs is 1. The predicted molar refractivity (Wildman–Crippen MR) is 114 cm³/mol. The van der Waals surface area contributed by atoms with Crippen molar-refractivity contribution in [1.82, 2.24) is 9.62 Å². The second-order valence-corrected chi connectivity index (χ2v) is 9.43. The molecule has 3 aromatic rings. The van der Waals surface area contributed by atoms with Gasteiger partial charge in [-0.15, -0.1) is 0 Å². The zero-order chi connectivity index (χ0) is 20.4. The molecule has 4 rings (SSSR count). The zero-order valence-corrected chi connectivity index (χ0v) is 17.2. The van der Waals surface area contributed by atoms with E-state index >= 15 is 0 Å². The average molecular weight is 409 g/mol. The first-order valence-electron chi connectivity index (χ1n) is 9.80. The van der Waals surface area contributed by atoms with Crippen LogP contribution in [0.5, 0.6) is 0 Å². The summed E-state index contributed by atoms with van der Waals surface area (Å²) in [6.45, 7) is 2.73. The molecule has 6 heteroatoms. The fraction of sp³-hybridized carbons (Fsp3) is 0.261. The van der Waals surface area contributed by atoms with Gasteiger partial charge in [-0.1, -0.05) is 54.1 Å². The molecule has 0 spiro atoms. The number of hydrogen-bond donors (Lipinski definition) is 1. The third-order valence-corrected chi connectivity index (χ3v) is 7.40. The summed E-state index contributed by atoms with van der Waals surface area (Å²) in [5.74, 6) is -0.110. The first kappa shape index (κ1) is 19.6. The molecule has 0 aliphatic carbocycles. The quantitative estimate of drug-likeness (QED) is 0.715. The van der Waals surface area contributed by atoms with Gasteiger partial charge in [-0.2, -0.15) is 4.31 Å². The van der Waals surface area contributed by atoms with Gasteiger partial charge in [0.15, 0.2) is 0 Å². The van der Waals surface area contributed by atoms with Gasteiger partial charge in [-0.3, -0.25) is 4.79 Å². The molecule has 1 aliphatic rings. The predicted octanol–water partition coefficient (Wildman–Crippen LogP) is 3.73. The third-order valence-electron chi connectivity index (χ3n) is 5.48. The van der Waals surface area contributed by atoms with Crippen molar-refractivity contribution in [2.75, 3.05) is 13.1 Å². The van der Waals surface area contributed by atoms with E-state index in [1.165, 1.54) is 4.31 Å². The number of rotatable bonds is 4. The molecule has 29 heavy (non-hydrogen) atoms. The van der Waals surface area contributed by atoms with E-state index in [1.54, 1.807) is 12.1 Å². The number of carbonyl (C=O) groups excluding carboxylic acids is 1. The molecule has 1 N–H and O–H groups in total. The molecular weight excluding hydrogens is 384 g/mol. The van der Waals surface area contributed by atoms with Crippen LogP contribution >= 0.6 is 0 Å². The summed E-state index contributed by atoms with van der Waals surface area (Å²) in [6.07, 6.45) is 1.20. The largest absolute Gasteiger partial charge is 0.349 e. The zero-order valence-electron chi connectivity index (χ0n) is 16.3. The lowest BCUT2D eigenvalue weighted by Gasteiger charge is -2.31. The number of carbonyl (C=O) groups is 1. The van der Waals surface area contributed by atoms with Gasteiger partial charge in [-0.25, -0.2) is 8.42 Å². The summed E-state index contributed by atoms with van der Waals surface area (Å²) < 4.78 is 27.2. The molecule has 1 amide bonds. The van der Waals surface area contributed by atoms with Crippen molar-refractivity contribution < 1.29 is 13.2 Å². The molecule has 0 bridgehead atoms. The van der Waals surface area contributed by atoms with Gasteiger partial charge < -0.3 is 5.32 Å². The number of piperidine rings is 1. The van der Waals surface area contributed by atoms with Gasteiger partial charge in [0.25, 0.3) is 5.91 Å². The number of nitrogens with one attached hydrogen (secondary N) is 1. The summed E-state index contributed by atoms with van der Waals surface area (Å²) in [7, 11) is -3.49. The molecule has 3 aromatic carbocycles. The Kier molecular flexibility index (Phi) is 5.39. The minimum atomic E-state index is -3.49. The molecule has 150 valence electrons. The lowest BCUT2D eigenvalue weighted by Crippen LogP contribution is -2.46. The van der Waals surface area contributed by atoms with Gasteiger partial charge in [0, 0.05) is 24.7 Å². The second-order valence-electron chi connectivity index (χ2n) is 7.49. The Morgan fingerprint density at radius 3 is 2.31 bits per heavy atom. The fourth-order valence-electron chi connectivity index (χ4n) is 3.79. The van der Waals surface area contributed by atoms with E-state index < -0.39 is 10.0 Å². The van der Waals surface area contributed by atoms with Gasteiger partial charge in [0.05, 0.1) is 4.90 Å². The van der Waals surface area contributed by atoms with Crippen LogP contribution in [0.3, 0.4) is 0 Å². The van der Waals surface area contributed by atoms with Gasteiger partial charge in [0.2, 0.25) is 10.0 Å². The summed E-state index contributed by atoms with van der Waals surface area (Å²) in [4.78, 5) is 13.1. The van der Waals surface area contributed by atoms with Gasteiger partial charge >= 0.3 is 0 Å². The van der Waals surface area contributed by atoms with E-state index in [2.05, 4.69) is 5.32 Å². The first-order valence-corrected chi connectivity index (χ1v) is 11.2. The summed E-state index contributed by atoms with van der Waals surface area (Å²) in [5.41, 5.74) is 1.68. The molecule has 1 aliphatic heterocycles. The third kappa shape index (κ3) is 4.04. The standard InChI is InChI=1S/C23H24N2O3S/c1-17-9-11-20(12-10-17)29(27,28)25-15-13-19(14-16-25)24-23(26)22-8-4-6-18-5-2-3-7-21(18)22/h2-12,19H,13-16H2,1H3,(H,24,26). The van der Waals surface area contributed by atoms with Crippen molar-refractivity contribution in [3.8, 4) is 0 Å². The molecule has 0 radical (unpaired) electrons. The molecule has 1 heterocycles. The molecule has 0 saturated carbocycles. The number of benzene rings is 3. The highest BCUT2D eigenvalue weighted by atomic mass is 32.2. The number of aryl methyl sites for hydroxylation is 1. The minimum absolute atomic E-state index is 0.0362. The van der Waals surface area contributed by atoms with Crippen LogP contribution in [0.1, 0.15) is 28.8 Å². The summed E-state index contributed by atoms with van der Waals surface area (Å²) in [5, 5.41) is 5.04. The monoisotopic (exact) mass is 408 g/mol. The van der Waals surface area contributed by atoms with E-state index in [-0.39, 0.29) is 11.9 Å². The van der Waals surface area contributed by atoms with Crippen molar-refractivity contribution in [2.45, 2.75) is 30.7 Å². The second kappa shape index (κ2) is 7.97. The molecule has 0 atom stereocenters. The lowest BCUT2D eigenvalue weighted by molar-refractivity contribution is 0.0925. The number of nitrogens with zero attached hydrogens (tertiary/aromatic N) is 1. The Balaban J connectivity index is 1.42. The molecule has 0 aromatic heterocycles.